The lowest BCUT2D eigenvalue weighted by Crippen LogP contribution is -2.53. The van der Waals surface area contributed by atoms with E-state index in [4.69, 9.17) is 0 Å². The van der Waals surface area contributed by atoms with Crippen LogP contribution in [0.1, 0.15) is 128 Å². The molecule has 10 fully saturated rings. The quantitative estimate of drug-likeness (QED) is 0.282. The molecule has 0 spiro atoms. The maximum absolute atomic E-state index is 2.87. The molecule has 0 aromatic carbocycles. The van der Waals surface area contributed by atoms with Crippen LogP contribution in [-0.2, 0) is 0 Å². The van der Waals surface area contributed by atoms with Crippen molar-refractivity contribution < 1.29 is 0 Å². The van der Waals surface area contributed by atoms with Gasteiger partial charge in [-0.15, -0.1) is 0 Å². The summed E-state index contributed by atoms with van der Waals surface area (Å²) in [5, 5.41) is 2.15. The monoisotopic (exact) mass is 562 g/mol. The van der Waals surface area contributed by atoms with Gasteiger partial charge in [0.15, 0.2) is 0 Å². The second kappa shape index (κ2) is 10.5. The van der Waals surface area contributed by atoms with E-state index in [0.29, 0.717) is 0 Å². The van der Waals surface area contributed by atoms with Crippen molar-refractivity contribution >= 4 is 15.8 Å². The molecule has 0 aliphatic heterocycles. The maximum atomic E-state index is 2.87. The van der Waals surface area contributed by atoms with E-state index in [1.54, 1.807) is 116 Å². The van der Waals surface area contributed by atoms with Gasteiger partial charge in [0.2, 0.25) is 0 Å². The summed E-state index contributed by atoms with van der Waals surface area (Å²) in [6.07, 6.45) is 40.4. The number of rotatable bonds is 6. The van der Waals surface area contributed by atoms with Gasteiger partial charge in [-0.1, -0.05) is 72.6 Å². The Labute approximate surface area is 242 Å². The summed E-state index contributed by atoms with van der Waals surface area (Å²) >= 11 is 0. The van der Waals surface area contributed by atoms with Crippen LogP contribution in [0, 0.1) is 47.3 Å². The van der Waals surface area contributed by atoms with Gasteiger partial charge < -0.3 is 0 Å². The first kappa shape index (κ1) is 25.8. The van der Waals surface area contributed by atoms with E-state index < -0.39 is 0 Å². The fraction of sp³-hybridized carbons (Fsp3) is 0.892. The molecule has 1 unspecified atom stereocenters. The minimum atomic E-state index is 0.0394. The van der Waals surface area contributed by atoms with Crippen LogP contribution in [-0.4, -0.2) is 28.3 Å². The zero-order chi connectivity index (χ0) is 25.5. The summed E-state index contributed by atoms with van der Waals surface area (Å²) in [6.45, 7) is 0. The highest BCUT2D eigenvalue weighted by molar-refractivity contribution is 7.67. The molecule has 39 heavy (non-hydrogen) atoms. The Bertz CT molecular complexity index is 850. The van der Waals surface area contributed by atoms with E-state index in [-0.39, 0.29) is 15.8 Å². The molecular weight excluding hydrogens is 506 g/mol. The van der Waals surface area contributed by atoms with Crippen LogP contribution < -0.4 is 0 Å². The van der Waals surface area contributed by atoms with Crippen LogP contribution in [0.25, 0.3) is 0 Å². The lowest BCUT2D eigenvalue weighted by molar-refractivity contribution is 0.0134. The first-order chi connectivity index (χ1) is 19.3. The predicted molar refractivity (Wildman–Crippen MR) is 170 cm³/mol. The third kappa shape index (κ3) is 4.48. The lowest BCUT2D eigenvalue weighted by Gasteiger charge is -2.63. The Morgan fingerprint density at radius 3 is 1.31 bits per heavy atom. The molecule has 0 saturated heterocycles. The zero-order valence-corrected chi connectivity index (χ0v) is 26.6. The first-order valence-electron chi connectivity index (χ1n) is 18.2. The van der Waals surface area contributed by atoms with Crippen molar-refractivity contribution in [3.63, 3.8) is 0 Å². The van der Waals surface area contributed by atoms with Crippen LogP contribution in [0.5, 0.6) is 0 Å². The highest BCUT2D eigenvalue weighted by atomic mass is 31.1. The van der Waals surface area contributed by atoms with Crippen molar-refractivity contribution in [2.24, 2.45) is 47.3 Å². The fourth-order valence-corrected chi connectivity index (χ4v) is 23.1. The normalized spacial score (nSPS) is 49.8. The molecule has 11 rings (SSSR count). The predicted octanol–water partition coefficient (Wildman–Crippen LogP) is 11.1. The van der Waals surface area contributed by atoms with Crippen molar-refractivity contribution in [3.05, 3.63) is 23.5 Å². The van der Waals surface area contributed by atoms with Gasteiger partial charge in [0.05, 0.1) is 0 Å². The van der Waals surface area contributed by atoms with E-state index >= 15 is 0 Å². The van der Waals surface area contributed by atoms with Gasteiger partial charge in [0.25, 0.3) is 0 Å². The molecule has 0 heterocycles. The van der Waals surface area contributed by atoms with E-state index in [0.717, 1.165) is 75.6 Å². The number of hydrogen-bond donors (Lipinski definition) is 0. The maximum Gasteiger partial charge on any atom is 0.0233 e. The van der Waals surface area contributed by atoms with Gasteiger partial charge in [-0.3, -0.25) is 0 Å². The summed E-state index contributed by atoms with van der Waals surface area (Å²) in [4.78, 5) is 0. The van der Waals surface area contributed by atoms with E-state index in [1.165, 1.54) is 12.8 Å². The Balaban J connectivity index is 1.10. The standard InChI is InChI=1S/C37H56P2/c1-3-8-32(9-4-1)38(33-10-5-2-6-11-33)34-12-7-13-35(34)39(36-28-16-24-14-25(18-28)19-29(36)17-24)37-30-20-26-15-27(22-30)23-31(37)21-26/h7,12-13,24-34,36-37H,1-6,8-11,14-23H2. The van der Waals surface area contributed by atoms with Crippen LogP contribution in [0.15, 0.2) is 23.5 Å². The second-order valence-electron chi connectivity index (χ2n) is 16.7. The molecule has 11 aliphatic carbocycles. The molecule has 0 amide bonds. The SMILES string of the molecule is C1=CC(P(C2CCCCC2)C2CCCCC2)C(P(C2C3CC4CC(C3)CC2C4)C2C3CC4CC(C3)CC2C4)=C1. The van der Waals surface area contributed by atoms with Gasteiger partial charge in [0, 0.05) is 5.66 Å². The Kier molecular flexibility index (Phi) is 6.95. The summed E-state index contributed by atoms with van der Waals surface area (Å²) in [7, 11) is 0.159. The van der Waals surface area contributed by atoms with Gasteiger partial charge in [-0.2, -0.15) is 0 Å². The highest BCUT2D eigenvalue weighted by Crippen LogP contribution is 2.77. The number of allylic oxidation sites excluding steroid dienone is 4. The molecule has 0 aromatic rings. The number of hydrogen-bond acceptors (Lipinski definition) is 0. The first-order valence-corrected chi connectivity index (χ1v) is 21.3. The third-order valence-corrected chi connectivity index (χ3v) is 22.5. The summed E-state index contributed by atoms with van der Waals surface area (Å²) in [5.74, 6) is 9.04. The third-order valence-electron chi connectivity index (χ3n) is 14.5. The molecule has 214 valence electrons. The molecule has 1 atom stereocenters. The molecule has 11 aliphatic rings. The topological polar surface area (TPSA) is 0 Å². The molecule has 0 aromatic heterocycles. The smallest absolute Gasteiger partial charge is 0.0233 e. The molecule has 0 N–H and O–H groups in total. The van der Waals surface area contributed by atoms with E-state index in [1.807, 2.05) is 0 Å². The van der Waals surface area contributed by atoms with Crippen LogP contribution in [0.2, 0.25) is 0 Å². The van der Waals surface area contributed by atoms with Crippen molar-refractivity contribution in [3.8, 4) is 0 Å². The van der Waals surface area contributed by atoms with Crippen molar-refractivity contribution in [1.29, 1.82) is 0 Å². The minimum absolute atomic E-state index is 0.0394. The van der Waals surface area contributed by atoms with Crippen molar-refractivity contribution in [2.75, 3.05) is 0 Å². The molecule has 10 saturated carbocycles. The summed E-state index contributed by atoms with van der Waals surface area (Å²) in [6, 6.07) is 0. The Morgan fingerprint density at radius 2 is 0.897 bits per heavy atom. The molecule has 0 radical (unpaired) electrons. The molecule has 2 heteroatoms. The zero-order valence-electron chi connectivity index (χ0n) is 24.8. The van der Waals surface area contributed by atoms with Crippen LogP contribution >= 0.6 is 15.8 Å². The van der Waals surface area contributed by atoms with Gasteiger partial charge in [-0.05, 0) is 165 Å². The second-order valence-corrected chi connectivity index (χ2v) is 22.1. The highest BCUT2D eigenvalue weighted by Gasteiger charge is 2.58. The average molecular weight is 563 g/mol. The fourth-order valence-electron chi connectivity index (χ4n) is 13.7. The average Bonchev–Trinajstić information content (AvgIpc) is 3.41. The minimum Gasteiger partial charge on any atom is -0.0886 e. The van der Waals surface area contributed by atoms with Gasteiger partial charge in [0.1, 0.15) is 0 Å². The van der Waals surface area contributed by atoms with Gasteiger partial charge in [-0.25, -0.2) is 0 Å². The summed E-state index contributed by atoms with van der Waals surface area (Å²) in [5.41, 5.74) is 5.38. The largest absolute Gasteiger partial charge is 0.0886 e. The molecule has 8 bridgehead atoms. The van der Waals surface area contributed by atoms with Crippen LogP contribution in [0.3, 0.4) is 0 Å². The molecule has 0 nitrogen and oxygen atoms in total. The molecular formula is C37H56P2. The van der Waals surface area contributed by atoms with Crippen molar-refractivity contribution in [1.82, 2.24) is 0 Å². The van der Waals surface area contributed by atoms with E-state index in [2.05, 4.69) is 23.5 Å². The van der Waals surface area contributed by atoms with Crippen molar-refractivity contribution in [2.45, 2.75) is 157 Å². The Morgan fingerprint density at radius 1 is 0.487 bits per heavy atom. The van der Waals surface area contributed by atoms with Gasteiger partial charge >= 0.3 is 0 Å². The lowest BCUT2D eigenvalue weighted by atomic mass is 9.55. The summed E-state index contributed by atoms with van der Waals surface area (Å²) < 4.78 is 0. The van der Waals surface area contributed by atoms with E-state index in [9.17, 15) is 0 Å². The Hall–Kier alpha value is 0.340. The van der Waals surface area contributed by atoms with Crippen LogP contribution in [0.4, 0.5) is 0 Å².